The molecule has 0 saturated carbocycles. The normalized spacial score (nSPS) is 15.2. The lowest BCUT2D eigenvalue weighted by molar-refractivity contribution is -0.137. The number of aliphatic carboxylic acids is 1. The number of carboxylic acids is 1. The van der Waals surface area contributed by atoms with Gasteiger partial charge < -0.3 is 20.2 Å². The molecule has 0 bridgehead atoms. The summed E-state index contributed by atoms with van der Waals surface area (Å²) < 4.78 is 0. The van der Waals surface area contributed by atoms with Crippen LogP contribution in [0.4, 0.5) is 9.93 Å². The van der Waals surface area contributed by atoms with Crippen LogP contribution in [0.3, 0.4) is 0 Å². The highest BCUT2D eigenvalue weighted by Crippen LogP contribution is 2.18. The summed E-state index contributed by atoms with van der Waals surface area (Å²) in [5, 5.41) is 14.2. The Morgan fingerprint density at radius 2 is 2.10 bits per heavy atom. The first kappa shape index (κ1) is 14.6. The molecule has 0 atom stereocenters. The van der Waals surface area contributed by atoms with Crippen molar-refractivity contribution in [2.24, 2.45) is 0 Å². The SMILES string of the molecule is O=C(O)CCCNC(=O)N1CCN(c2nccs2)CC1. The molecule has 20 heavy (non-hydrogen) atoms. The third-order valence-electron chi connectivity index (χ3n) is 3.10. The van der Waals surface area contributed by atoms with Crippen molar-refractivity contribution in [1.82, 2.24) is 15.2 Å². The van der Waals surface area contributed by atoms with Gasteiger partial charge >= 0.3 is 12.0 Å². The molecule has 0 aromatic carbocycles. The number of carbonyl (C=O) groups is 2. The van der Waals surface area contributed by atoms with Gasteiger partial charge in [0.25, 0.3) is 0 Å². The van der Waals surface area contributed by atoms with E-state index in [1.54, 1.807) is 22.4 Å². The summed E-state index contributed by atoms with van der Waals surface area (Å²) in [7, 11) is 0. The van der Waals surface area contributed by atoms with E-state index in [2.05, 4.69) is 15.2 Å². The van der Waals surface area contributed by atoms with Gasteiger partial charge in [-0.2, -0.15) is 0 Å². The number of anilines is 1. The molecule has 8 heteroatoms. The van der Waals surface area contributed by atoms with Gasteiger partial charge in [-0.3, -0.25) is 4.79 Å². The third-order valence-corrected chi connectivity index (χ3v) is 3.93. The first-order valence-corrected chi connectivity index (χ1v) is 7.44. The van der Waals surface area contributed by atoms with Gasteiger partial charge in [-0.15, -0.1) is 11.3 Å². The van der Waals surface area contributed by atoms with Gasteiger partial charge in [-0.1, -0.05) is 0 Å². The van der Waals surface area contributed by atoms with E-state index in [-0.39, 0.29) is 12.5 Å². The van der Waals surface area contributed by atoms with Crippen molar-refractivity contribution >= 4 is 28.5 Å². The maximum absolute atomic E-state index is 11.9. The second-order valence-electron chi connectivity index (χ2n) is 4.52. The molecule has 7 nitrogen and oxygen atoms in total. The van der Waals surface area contributed by atoms with Crippen molar-refractivity contribution in [1.29, 1.82) is 0 Å². The first-order valence-electron chi connectivity index (χ1n) is 6.56. The maximum Gasteiger partial charge on any atom is 0.317 e. The number of thiazole rings is 1. The fraction of sp³-hybridized carbons (Fsp3) is 0.583. The number of carboxylic acid groups (broad SMARTS) is 1. The number of piperazine rings is 1. The molecular formula is C12H18N4O3S. The fourth-order valence-electron chi connectivity index (χ4n) is 2.02. The molecule has 2 heterocycles. The van der Waals surface area contributed by atoms with E-state index in [0.717, 1.165) is 18.2 Å². The molecule has 2 rings (SSSR count). The molecular weight excluding hydrogens is 280 g/mol. The molecule has 1 aromatic rings. The molecule has 1 aliphatic heterocycles. The Morgan fingerprint density at radius 1 is 1.35 bits per heavy atom. The summed E-state index contributed by atoms with van der Waals surface area (Å²) in [6.07, 6.45) is 2.32. The summed E-state index contributed by atoms with van der Waals surface area (Å²) in [4.78, 5) is 30.4. The van der Waals surface area contributed by atoms with Crippen LogP contribution in [0.2, 0.25) is 0 Å². The van der Waals surface area contributed by atoms with Gasteiger partial charge in [0.2, 0.25) is 0 Å². The Morgan fingerprint density at radius 3 is 2.70 bits per heavy atom. The molecule has 1 saturated heterocycles. The molecule has 0 aliphatic carbocycles. The largest absolute Gasteiger partial charge is 0.481 e. The number of nitrogens with one attached hydrogen (secondary N) is 1. The minimum atomic E-state index is -0.837. The van der Waals surface area contributed by atoms with Crippen molar-refractivity contribution in [2.75, 3.05) is 37.6 Å². The Balaban J connectivity index is 1.68. The number of urea groups is 1. The lowest BCUT2D eigenvalue weighted by Gasteiger charge is -2.34. The topological polar surface area (TPSA) is 85.8 Å². The highest BCUT2D eigenvalue weighted by Gasteiger charge is 2.21. The summed E-state index contributed by atoms with van der Waals surface area (Å²) in [6, 6.07) is -0.117. The monoisotopic (exact) mass is 298 g/mol. The molecule has 2 amide bonds. The zero-order valence-corrected chi connectivity index (χ0v) is 11.9. The summed E-state index contributed by atoms with van der Waals surface area (Å²) in [5.74, 6) is -0.837. The van der Waals surface area contributed by atoms with Gasteiger partial charge in [0.05, 0.1) is 0 Å². The summed E-state index contributed by atoms with van der Waals surface area (Å²) in [5.41, 5.74) is 0. The van der Waals surface area contributed by atoms with E-state index in [1.165, 1.54) is 0 Å². The minimum Gasteiger partial charge on any atom is -0.481 e. The van der Waals surface area contributed by atoms with Gasteiger partial charge in [-0.25, -0.2) is 9.78 Å². The van der Waals surface area contributed by atoms with Gasteiger partial charge in [0.1, 0.15) is 0 Å². The predicted octanol–water partition coefficient (Wildman–Crippen LogP) is 0.840. The number of hydrogen-bond acceptors (Lipinski definition) is 5. The Hall–Kier alpha value is -1.83. The van der Waals surface area contributed by atoms with Crippen molar-refractivity contribution in [3.8, 4) is 0 Å². The number of hydrogen-bond donors (Lipinski definition) is 2. The van der Waals surface area contributed by atoms with E-state index in [1.807, 2.05) is 5.38 Å². The highest BCUT2D eigenvalue weighted by atomic mass is 32.1. The van der Waals surface area contributed by atoms with E-state index in [9.17, 15) is 9.59 Å². The average Bonchev–Trinajstić information content (AvgIpc) is 2.97. The lowest BCUT2D eigenvalue weighted by Crippen LogP contribution is -2.52. The highest BCUT2D eigenvalue weighted by molar-refractivity contribution is 7.13. The molecule has 1 fully saturated rings. The second-order valence-corrected chi connectivity index (χ2v) is 5.39. The van der Waals surface area contributed by atoms with E-state index < -0.39 is 5.97 Å². The molecule has 1 aromatic heterocycles. The van der Waals surface area contributed by atoms with Crippen LogP contribution in [0.25, 0.3) is 0 Å². The number of amides is 2. The number of aromatic nitrogens is 1. The predicted molar refractivity (Wildman–Crippen MR) is 76.2 cm³/mol. The zero-order chi connectivity index (χ0) is 14.4. The van der Waals surface area contributed by atoms with Crippen LogP contribution in [-0.2, 0) is 4.79 Å². The van der Waals surface area contributed by atoms with Crippen LogP contribution >= 0.6 is 11.3 Å². The molecule has 0 unspecified atom stereocenters. The van der Waals surface area contributed by atoms with E-state index in [0.29, 0.717) is 26.1 Å². The average molecular weight is 298 g/mol. The molecule has 0 radical (unpaired) electrons. The van der Waals surface area contributed by atoms with Crippen LogP contribution in [0.15, 0.2) is 11.6 Å². The van der Waals surface area contributed by atoms with Crippen molar-refractivity contribution in [3.63, 3.8) is 0 Å². The number of nitrogens with zero attached hydrogens (tertiary/aromatic N) is 3. The second kappa shape index (κ2) is 7.09. The third kappa shape index (κ3) is 4.09. The van der Waals surface area contributed by atoms with Crippen LogP contribution in [0, 0.1) is 0 Å². The van der Waals surface area contributed by atoms with Gasteiger partial charge in [0.15, 0.2) is 5.13 Å². The Labute approximate surface area is 121 Å². The van der Waals surface area contributed by atoms with E-state index >= 15 is 0 Å². The standard InChI is InChI=1S/C12H18N4O3S/c17-10(18)2-1-3-13-11(19)15-5-7-16(8-6-15)12-14-4-9-20-12/h4,9H,1-3,5-8H2,(H,13,19)(H,17,18). The van der Waals surface area contributed by atoms with Crippen LogP contribution in [0.5, 0.6) is 0 Å². The minimum absolute atomic E-state index is 0.0815. The first-order chi connectivity index (χ1) is 9.66. The molecule has 110 valence electrons. The zero-order valence-electron chi connectivity index (χ0n) is 11.1. The Kier molecular flexibility index (Phi) is 5.16. The van der Waals surface area contributed by atoms with Crippen LogP contribution < -0.4 is 10.2 Å². The van der Waals surface area contributed by atoms with Gasteiger partial charge in [-0.05, 0) is 6.42 Å². The smallest absolute Gasteiger partial charge is 0.317 e. The van der Waals surface area contributed by atoms with Crippen molar-refractivity contribution < 1.29 is 14.7 Å². The van der Waals surface area contributed by atoms with Crippen LogP contribution in [-0.4, -0.2) is 59.7 Å². The Bertz CT molecular complexity index is 444. The fourth-order valence-corrected chi connectivity index (χ4v) is 2.72. The molecule has 2 N–H and O–H groups in total. The molecule has 1 aliphatic rings. The van der Waals surface area contributed by atoms with E-state index in [4.69, 9.17) is 5.11 Å². The summed E-state index contributed by atoms with van der Waals surface area (Å²) in [6.45, 7) is 3.26. The number of carbonyl (C=O) groups excluding carboxylic acids is 1. The maximum atomic E-state index is 11.9. The lowest BCUT2D eigenvalue weighted by atomic mass is 10.3. The quantitative estimate of drug-likeness (QED) is 0.787. The summed E-state index contributed by atoms with van der Waals surface area (Å²) >= 11 is 1.60. The van der Waals surface area contributed by atoms with Crippen molar-refractivity contribution in [2.45, 2.75) is 12.8 Å². The van der Waals surface area contributed by atoms with Crippen LogP contribution in [0.1, 0.15) is 12.8 Å². The van der Waals surface area contributed by atoms with Gasteiger partial charge in [0, 0.05) is 50.7 Å². The number of rotatable bonds is 5. The molecule has 0 spiro atoms. The van der Waals surface area contributed by atoms with Crippen molar-refractivity contribution in [3.05, 3.63) is 11.6 Å².